The zero-order valence-electron chi connectivity index (χ0n) is 17.0. The summed E-state index contributed by atoms with van der Waals surface area (Å²) in [6.07, 6.45) is 0.675. The molecule has 0 bridgehead atoms. The zero-order chi connectivity index (χ0) is 21.6. The van der Waals surface area contributed by atoms with E-state index in [4.69, 9.17) is 4.74 Å². The van der Waals surface area contributed by atoms with Gasteiger partial charge in [-0.25, -0.2) is 4.79 Å². The third-order valence-corrected chi connectivity index (χ3v) is 6.34. The van der Waals surface area contributed by atoms with Gasteiger partial charge in [0.25, 0.3) is 5.91 Å². The Morgan fingerprint density at radius 3 is 2.55 bits per heavy atom. The number of benzene rings is 1. The summed E-state index contributed by atoms with van der Waals surface area (Å²) < 4.78 is 5.95. The molecular formula is C21H25BrN2O4S. The second kappa shape index (κ2) is 10.5. The molecule has 1 N–H and O–H groups in total. The number of carbonyl (C=O) groups is 3. The standard InChI is InChI=1S/C21H25BrN2O4S/c1-5-14(3)24(11-19(25)23-16-8-6-7-13(2)15(16)4)20(26)12-28-21(27)17-9-10-18(22)29-17/h6-10,14H,5,11-12H2,1-4H3,(H,23,25). The molecule has 1 aromatic carbocycles. The molecule has 1 aromatic heterocycles. The molecular weight excluding hydrogens is 456 g/mol. The van der Waals surface area contributed by atoms with Gasteiger partial charge in [-0.2, -0.15) is 0 Å². The number of hydrogen-bond donors (Lipinski definition) is 1. The van der Waals surface area contributed by atoms with Crippen LogP contribution in [0.15, 0.2) is 34.1 Å². The van der Waals surface area contributed by atoms with Crippen LogP contribution in [0.5, 0.6) is 0 Å². The lowest BCUT2D eigenvalue weighted by Gasteiger charge is -2.28. The minimum atomic E-state index is -0.557. The lowest BCUT2D eigenvalue weighted by Crippen LogP contribution is -2.45. The summed E-state index contributed by atoms with van der Waals surface area (Å²) in [4.78, 5) is 39.1. The first-order chi connectivity index (χ1) is 13.7. The Morgan fingerprint density at radius 2 is 1.93 bits per heavy atom. The number of esters is 1. The van der Waals surface area contributed by atoms with Gasteiger partial charge in [-0.3, -0.25) is 9.59 Å². The Hall–Kier alpha value is -2.19. The Kier molecular flexibility index (Phi) is 8.40. The van der Waals surface area contributed by atoms with Crippen LogP contribution in [-0.2, 0) is 14.3 Å². The van der Waals surface area contributed by atoms with E-state index in [1.807, 2.05) is 45.9 Å². The van der Waals surface area contributed by atoms with Gasteiger partial charge in [-0.1, -0.05) is 19.1 Å². The fourth-order valence-corrected chi connectivity index (χ4v) is 3.93. The number of ether oxygens (including phenoxy) is 1. The van der Waals surface area contributed by atoms with E-state index in [0.717, 1.165) is 20.6 Å². The van der Waals surface area contributed by atoms with Gasteiger partial charge in [0.1, 0.15) is 11.4 Å². The summed E-state index contributed by atoms with van der Waals surface area (Å²) in [7, 11) is 0. The van der Waals surface area contributed by atoms with E-state index in [1.165, 1.54) is 16.2 Å². The summed E-state index contributed by atoms with van der Waals surface area (Å²) in [5.74, 6) is -1.25. The molecule has 1 atom stereocenters. The molecule has 156 valence electrons. The third kappa shape index (κ3) is 6.40. The fraction of sp³-hybridized carbons (Fsp3) is 0.381. The Balaban J connectivity index is 2.00. The lowest BCUT2D eigenvalue weighted by atomic mass is 10.1. The highest BCUT2D eigenvalue weighted by molar-refractivity contribution is 9.11. The highest BCUT2D eigenvalue weighted by atomic mass is 79.9. The van der Waals surface area contributed by atoms with Crippen molar-refractivity contribution < 1.29 is 19.1 Å². The summed E-state index contributed by atoms with van der Waals surface area (Å²) >= 11 is 4.52. The van der Waals surface area contributed by atoms with Crippen molar-refractivity contribution in [2.75, 3.05) is 18.5 Å². The van der Waals surface area contributed by atoms with Crippen LogP contribution >= 0.6 is 27.3 Å². The van der Waals surface area contributed by atoms with Gasteiger partial charge < -0.3 is 15.0 Å². The fourth-order valence-electron chi connectivity index (χ4n) is 2.65. The number of nitrogens with one attached hydrogen (secondary N) is 1. The molecule has 1 heterocycles. The maximum Gasteiger partial charge on any atom is 0.348 e. The number of nitrogens with zero attached hydrogens (tertiary/aromatic N) is 1. The first-order valence-electron chi connectivity index (χ1n) is 9.30. The summed E-state index contributed by atoms with van der Waals surface area (Å²) in [6.45, 7) is 7.19. The number of amides is 2. The monoisotopic (exact) mass is 480 g/mol. The van der Waals surface area contributed by atoms with Crippen LogP contribution in [0.25, 0.3) is 0 Å². The molecule has 0 fully saturated rings. The van der Waals surface area contributed by atoms with Crippen molar-refractivity contribution >= 4 is 50.7 Å². The third-order valence-electron chi connectivity index (χ3n) is 4.74. The van der Waals surface area contributed by atoms with Crippen LogP contribution in [0.3, 0.4) is 0 Å². The molecule has 0 aliphatic rings. The number of anilines is 1. The van der Waals surface area contributed by atoms with Crippen LogP contribution < -0.4 is 5.32 Å². The predicted octanol–water partition coefficient (Wildman–Crippen LogP) is 4.55. The minimum Gasteiger partial charge on any atom is -0.451 e. The maximum absolute atomic E-state index is 12.7. The van der Waals surface area contributed by atoms with E-state index in [9.17, 15) is 14.4 Å². The lowest BCUT2D eigenvalue weighted by molar-refractivity contribution is -0.139. The van der Waals surface area contributed by atoms with Crippen molar-refractivity contribution in [3.8, 4) is 0 Å². The predicted molar refractivity (Wildman–Crippen MR) is 118 cm³/mol. The van der Waals surface area contributed by atoms with E-state index in [1.54, 1.807) is 12.1 Å². The van der Waals surface area contributed by atoms with Crippen LogP contribution in [0.1, 0.15) is 41.1 Å². The smallest absolute Gasteiger partial charge is 0.348 e. The van der Waals surface area contributed by atoms with Gasteiger partial charge in [0.05, 0.1) is 3.79 Å². The highest BCUT2D eigenvalue weighted by Crippen LogP contribution is 2.22. The van der Waals surface area contributed by atoms with Gasteiger partial charge in [-0.05, 0) is 72.4 Å². The summed E-state index contributed by atoms with van der Waals surface area (Å²) in [5.41, 5.74) is 2.78. The summed E-state index contributed by atoms with van der Waals surface area (Å²) in [6, 6.07) is 8.88. The van der Waals surface area contributed by atoms with Crippen molar-refractivity contribution in [3.05, 3.63) is 50.1 Å². The van der Waals surface area contributed by atoms with E-state index < -0.39 is 18.5 Å². The van der Waals surface area contributed by atoms with E-state index in [-0.39, 0.29) is 18.5 Å². The van der Waals surface area contributed by atoms with Gasteiger partial charge in [0.15, 0.2) is 6.61 Å². The molecule has 29 heavy (non-hydrogen) atoms. The molecule has 2 amide bonds. The normalized spacial score (nSPS) is 11.6. The Labute approximate surface area is 183 Å². The second-order valence-electron chi connectivity index (χ2n) is 6.75. The Morgan fingerprint density at radius 1 is 1.21 bits per heavy atom. The average Bonchev–Trinajstić information content (AvgIpc) is 3.13. The molecule has 0 saturated heterocycles. The van der Waals surface area contributed by atoms with Gasteiger partial charge in [0.2, 0.25) is 5.91 Å². The SMILES string of the molecule is CCC(C)N(CC(=O)Nc1cccc(C)c1C)C(=O)COC(=O)c1ccc(Br)s1. The largest absolute Gasteiger partial charge is 0.451 e. The topological polar surface area (TPSA) is 75.7 Å². The minimum absolute atomic E-state index is 0.108. The maximum atomic E-state index is 12.7. The van der Waals surface area contributed by atoms with Gasteiger partial charge in [-0.15, -0.1) is 11.3 Å². The van der Waals surface area contributed by atoms with Crippen LogP contribution in [0.4, 0.5) is 5.69 Å². The molecule has 2 aromatic rings. The van der Waals surface area contributed by atoms with Crippen molar-refractivity contribution in [1.29, 1.82) is 0 Å². The molecule has 1 unspecified atom stereocenters. The van der Waals surface area contributed by atoms with E-state index in [0.29, 0.717) is 11.3 Å². The highest BCUT2D eigenvalue weighted by Gasteiger charge is 2.24. The summed E-state index contributed by atoms with van der Waals surface area (Å²) in [5, 5.41) is 2.86. The average molecular weight is 481 g/mol. The molecule has 8 heteroatoms. The van der Waals surface area contributed by atoms with E-state index in [2.05, 4.69) is 21.2 Å². The number of carbonyl (C=O) groups excluding carboxylic acids is 3. The number of rotatable bonds is 8. The quantitative estimate of drug-likeness (QED) is 0.562. The van der Waals surface area contributed by atoms with Crippen LogP contribution in [0.2, 0.25) is 0 Å². The van der Waals surface area contributed by atoms with Crippen molar-refractivity contribution in [2.45, 2.75) is 40.2 Å². The van der Waals surface area contributed by atoms with Gasteiger partial charge >= 0.3 is 5.97 Å². The molecule has 0 radical (unpaired) electrons. The molecule has 0 aliphatic heterocycles. The number of hydrogen-bond acceptors (Lipinski definition) is 5. The first kappa shape index (κ1) is 23.1. The van der Waals surface area contributed by atoms with Crippen molar-refractivity contribution in [2.24, 2.45) is 0 Å². The first-order valence-corrected chi connectivity index (χ1v) is 10.9. The number of aryl methyl sites for hydroxylation is 1. The molecule has 0 saturated carbocycles. The molecule has 2 rings (SSSR count). The second-order valence-corrected chi connectivity index (χ2v) is 9.22. The Bertz CT molecular complexity index is 897. The number of thiophene rings is 1. The number of halogens is 1. The van der Waals surface area contributed by atoms with Gasteiger partial charge in [0, 0.05) is 11.7 Å². The van der Waals surface area contributed by atoms with Crippen LogP contribution in [-0.4, -0.2) is 41.9 Å². The molecule has 0 aliphatic carbocycles. The van der Waals surface area contributed by atoms with Crippen molar-refractivity contribution in [3.63, 3.8) is 0 Å². The molecule has 0 spiro atoms. The van der Waals surface area contributed by atoms with E-state index >= 15 is 0 Å². The van der Waals surface area contributed by atoms with Crippen molar-refractivity contribution in [1.82, 2.24) is 4.90 Å². The van der Waals surface area contributed by atoms with Crippen LogP contribution in [0, 0.1) is 13.8 Å². The molecule has 6 nitrogen and oxygen atoms in total. The zero-order valence-corrected chi connectivity index (χ0v) is 19.4.